The van der Waals surface area contributed by atoms with Crippen LogP contribution in [0.15, 0.2) is 36.5 Å². The summed E-state index contributed by atoms with van der Waals surface area (Å²) in [6.45, 7) is 3.76. The van der Waals surface area contributed by atoms with Crippen LogP contribution in [-0.4, -0.2) is 61.5 Å². The van der Waals surface area contributed by atoms with Crippen molar-refractivity contribution in [3.63, 3.8) is 0 Å². The molecule has 0 aliphatic carbocycles. The summed E-state index contributed by atoms with van der Waals surface area (Å²) in [5.41, 5.74) is 3.48. The summed E-state index contributed by atoms with van der Waals surface area (Å²) < 4.78 is 20.1. The van der Waals surface area contributed by atoms with Crippen molar-refractivity contribution in [3.8, 4) is 17.6 Å². The Balaban J connectivity index is 1.61. The SMILES string of the molecule is Cc1ccc2c(C#Cc3ccc4c(c3)C(C(=O)N(C)CCN(C)C)CCO4)c[nH]c2c1F. The number of fused-ring (bicyclic) bond motifs is 2. The number of H-pyrrole nitrogens is 1. The summed E-state index contributed by atoms with van der Waals surface area (Å²) in [5, 5.41) is 0.762. The summed E-state index contributed by atoms with van der Waals surface area (Å²) in [6, 6.07) is 9.37. The second-order valence-electron chi connectivity index (χ2n) is 8.58. The van der Waals surface area contributed by atoms with Gasteiger partial charge in [0, 0.05) is 42.8 Å². The van der Waals surface area contributed by atoms with E-state index in [1.54, 1.807) is 24.1 Å². The molecular formula is C26H28FN3O2. The number of amides is 1. The van der Waals surface area contributed by atoms with Gasteiger partial charge in [-0.1, -0.05) is 24.0 Å². The maximum Gasteiger partial charge on any atom is 0.230 e. The molecule has 0 bridgehead atoms. The quantitative estimate of drug-likeness (QED) is 0.635. The largest absolute Gasteiger partial charge is 0.493 e. The van der Waals surface area contributed by atoms with Crippen LogP contribution in [0.3, 0.4) is 0 Å². The Kier molecular flexibility index (Phi) is 6.20. The number of ether oxygens (including phenoxy) is 1. The van der Waals surface area contributed by atoms with Gasteiger partial charge in [0.25, 0.3) is 0 Å². The molecule has 5 nitrogen and oxygen atoms in total. The maximum absolute atomic E-state index is 14.3. The van der Waals surface area contributed by atoms with E-state index < -0.39 is 0 Å². The zero-order valence-electron chi connectivity index (χ0n) is 19.0. The Morgan fingerprint density at radius 1 is 1.19 bits per heavy atom. The van der Waals surface area contributed by atoms with Gasteiger partial charge in [-0.05, 0) is 51.2 Å². The summed E-state index contributed by atoms with van der Waals surface area (Å²) in [5.74, 6) is 6.68. The van der Waals surface area contributed by atoms with Crippen molar-refractivity contribution in [3.05, 3.63) is 64.6 Å². The monoisotopic (exact) mass is 433 g/mol. The number of hydrogen-bond donors (Lipinski definition) is 1. The molecule has 1 aliphatic rings. The first-order chi connectivity index (χ1) is 15.3. The number of carbonyl (C=O) groups excluding carboxylic acids is 1. The lowest BCUT2D eigenvalue weighted by molar-refractivity contribution is -0.132. The van der Waals surface area contributed by atoms with E-state index in [-0.39, 0.29) is 17.6 Å². The minimum absolute atomic E-state index is 0.101. The van der Waals surface area contributed by atoms with Crippen LogP contribution in [0.25, 0.3) is 10.9 Å². The van der Waals surface area contributed by atoms with Crippen LogP contribution < -0.4 is 4.74 Å². The number of nitrogens with one attached hydrogen (secondary N) is 1. The normalized spacial score (nSPS) is 15.1. The number of nitrogens with zero attached hydrogens (tertiary/aromatic N) is 2. The van der Waals surface area contributed by atoms with Crippen molar-refractivity contribution in [2.45, 2.75) is 19.3 Å². The molecule has 3 aromatic rings. The number of carbonyl (C=O) groups is 1. The van der Waals surface area contributed by atoms with Crippen LogP contribution in [0.5, 0.6) is 5.75 Å². The van der Waals surface area contributed by atoms with Gasteiger partial charge in [-0.15, -0.1) is 0 Å². The van der Waals surface area contributed by atoms with Gasteiger partial charge in [-0.25, -0.2) is 4.39 Å². The second kappa shape index (κ2) is 9.05. The summed E-state index contributed by atoms with van der Waals surface area (Å²) in [6.07, 6.45) is 2.38. The highest BCUT2D eigenvalue weighted by Crippen LogP contribution is 2.35. The van der Waals surface area contributed by atoms with Crippen LogP contribution >= 0.6 is 0 Å². The van der Waals surface area contributed by atoms with Gasteiger partial charge in [0.1, 0.15) is 11.6 Å². The van der Waals surface area contributed by atoms with Gasteiger partial charge in [0.05, 0.1) is 23.6 Å². The van der Waals surface area contributed by atoms with Gasteiger partial charge in [-0.3, -0.25) is 4.79 Å². The van der Waals surface area contributed by atoms with E-state index in [9.17, 15) is 9.18 Å². The number of likely N-dealkylation sites (N-methyl/N-ethyl adjacent to an activating group) is 2. The molecule has 2 aromatic carbocycles. The van der Waals surface area contributed by atoms with Crippen molar-refractivity contribution >= 4 is 16.8 Å². The topological polar surface area (TPSA) is 48.6 Å². The minimum Gasteiger partial charge on any atom is -0.493 e. The molecule has 1 unspecified atom stereocenters. The molecule has 6 heteroatoms. The Bertz CT molecular complexity index is 1220. The van der Waals surface area contributed by atoms with Crippen molar-refractivity contribution < 1.29 is 13.9 Å². The van der Waals surface area contributed by atoms with E-state index in [0.717, 1.165) is 34.4 Å². The first-order valence-electron chi connectivity index (χ1n) is 10.8. The molecule has 0 radical (unpaired) electrons. The maximum atomic E-state index is 14.3. The average Bonchev–Trinajstić information content (AvgIpc) is 3.21. The lowest BCUT2D eigenvalue weighted by Crippen LogP contribution is -2.38. The third kappa shape index (κ3) is 4.35. The fourth-order valence-electron chi connectivity index (χ4n) is 3.97. The fourth-order valence-corrected chi connectivity index (χ4v) is 3.97. The van der Waals surface area contributed by atoms with E-state index in [4.69, 9.17) is 4.74 Å². The van der Waals surface area contributed by atoms with Gasteiger partial charge in [0.2, 0.25) is 5.91 Å². The lowest BCUT2D eigenvalue weighted by atomic mass is 9.90. The Morgan fingerprint density at radius 2 is 2.00 bits per heavy atom. The number of aryl methyl sites for hydroxylation is 1. The number of halogens is 1. The average molecular weight is 434 g/mol. The van der Waals surface area contributed by atoms with Gasteiger partial charge in [0.15, 0.2) is 0 Å². The zero-order valence-corrected chi connectivity index (χ0v) is 19.0. The van der Waals surface area contributed by atoms with E-state index in [0.29, 0.717) is 30.7 Å². The molecule has 1 aliphatic heterocycles. The molecule has 1 aromatic heterocycles. The molecule has 166 valence electrons. The molecule has 1 amide bonds. The number of hydrogen-bond acceptors (Lipinski definition) is 3. The van der Waals surface area contributed by atoms with Crippen LogP contribution in [0, 0.1) is 24.6 Å². The first kappa shape index (κ1) is 21.9. The molecule has 4 rings (SSSR count). The lowest BCUT2D eigenvalue weighted by Gasteiger charge is -2.29. The van der Waals surface area contributed by atoms with Crippen molar-refractivity contribution in [2.24, 2.45) is 0 Å². The molecule has 1 N–H and O–H groups in total. The van der Waals surface area contributed by atoms with Crippen LogP contribution in [0.2, 0.25) is 0 Å². The van der Waals surface area contributed by atoms with E-state index in [2.05, 4.69) is 21.7 Å². The van der Waals surface area contributed by atoms with Gasteiger partial charge in [-0.2, -0.15) is 0 Å². The van der Waals surface area contributed by atoms with E-state index >= 15 is 0 Å². The third-order valence-corrected chi connectivity index (χ3v) is 5.93. The molecule has 1 atom stereocenters. The van der Waals surface area contributed by atoms with Crippen LogP contribution in [-0.2, 0) is 4.79 Å². The third-order valence-electron chi connectivity index (χ3n) is 5.93. The van der Waals surface area contributed by atoms with Crippen LogP contribution in [0.1, 0.15) is 34.6 Å². The van der Waals surface area contributed by atoms with Crippen molar-refractivity contribution in [1.82, 2.24) is 14.8 Å². The Labute approximate surface area is 188 Å². The number of rotatable bonds is 4. The summed E-state index contributed by atoms with van der Waals surface area (Å²) >= 11 is 0. The predicted molar refractivity (Wildman–Crippen MR) is 124 cm³/mol. The molecule has 0 spiro atoms. The molecule has 2 heterocycles. The number of benzene rings is 2. The molecular weight excluding hydrogens is 405 g/mol. The standard InChI is InChI=1S/C26H28FN3O2/c1-17-5-9-20-19(16-28-25(20)24(17)27)8-6-18-7-10-23-22(15-18)21(11-14-32-23)26(31)30(4)13-12-29(2)3/h5,7,9-10,15-16,21,28H,11-14H2,1-4H3. The predicted octanol–water partition coefficient (Wildman–Crippen LogP) is 3.90. The molecule has 0 fully saturated rings. The Morgan fingerprint density at radius 3 is 2.78 bits per heavy atom. The van der Waals surface area contributed by atoms with E-state index in [1.165, 1.54) is 0 Å². The Hall–Kier alpha value is -3.30. The van der Waals surface area contributed by atoms with Crippen LogP contribution in [0.4, 0.5) is 4.39 Å². The first-order valence-corrected chi connectivity index (χ1v) is 10.8. The summed E-state index contributed by atoms with van der Waals surface area (Å²) in [7, 11) is 5.84. The molecule has 32 heavy (non-hydrogen) atoms. The second-order valence-corrected chi connectivity index (χ2v) is 8.58. The molecule has 0 saturated carbocycles. The highest BCUT2D eigenvalue weighted by molar-refractivity contribution is 5.87. The highest BCUT2D eigenvalue weighted by Gasteiger charge is 2.30. The van der Waals surface area contributed by atoms with Crippen molar-refractivity contribution in [2.75, 3.05) is 40.8 Å². The van der Waals surface area contributed by atoms with Gasteiger partial charge >= 0.3 is 0 Å². The van der Waals surface area contributed by atoms with Gasteiger partial charge < -0.3 is 19.5 Å². The molecule has 0 saturated heterocycles. The number of aromatic amines is 1. The minimum atomic E-state index is -0.249. The van der Waals surface area contributed by atoms with Crippen molar-refractivity contribution in [1.29, 1.82) is 0 Å². The fraction of sp³-hybridized carbons (Fsp3) is 0.346. The van der Waals surface area contributed by atoms with E-state index in [1.807, 2.05) is 45.4 Å². The highest BCUT2D eigenvalue weighted by atomic mass is 19.1. The zero-order chi connectivity index (χ0) is 22.8. The number of aromatic nitrogens is 1. The summed E-state index contributed by atoms with van der Waals surface area (Å²) in [4.78, 5) is 20.0. The smallest absolute Gasteiger partial charge is 0.230 e.